The van der Waals surface area contributed by atoms with Crippen molar-refractivity contribution in [3.05, 3.63) is 23.2 Å². The normalized spacial score (nSPS) is 10.5. The molecule has 2 aromatic rings. The Morgan fingerprint density at radius 3 is 2.60 bits per heavy atom. The van der Waals surface area contributed by atoms with Gasteiger partial charge in [0.05, 0.1) is 10.7 Å². The molecule has 1 heterocycles. The molecule has 0 radical (unpaired) electrons. The summed E-state index contributed by atoms with van der Waals surface area (Å²) in [5.74, 6) is -0.354. The molecule has 0 aliphatic carbocycles. The van der Waals surface area contributed by atoms with Crippen LogP contribution in [-0.2, 0) is 0 Å². The van der Waals surface area contributed by atoms with Crippen molar-refractivity contribution < 1.29 is 10.2 Å². The Bertz CT molecular complexity index is 510. The highest BCUT2D eigenvalue weighted by Gasteiger charge is 2.13. The number of rotatable bonds is 1. The van der Waals surface area contributed by atoms with Gasteiger partial charge in [-0.25, -0.2) is 0 Å². The highest BCUT2D eigenvalue weighted by atomic mass is 35.5. The second-order valence-corrected chi connectivity index (χ2v) is 3.41. The van der Waals surface area contributed by atoms with Crippen LogP contribution in [-0.4, -0.2) is 20.4 Å². The van der Waals surface area contributed by atoms with Crippen molar-refractivity contribution in [2.45, 2.75) is 0 Å². The van der Waals surface area contributed by atoms with E-state index in [1.165, 1.54) is 6.07 Å². The van der Waals surface area contributed by atoms with Crippen molar-refractivity contribution in [2.24, 2.45) is 0 Å². The smallest absolute Gasteiger partial charge is 0.177 e. The molecule has 78 valence electrons. The number of nitrogen functional groups attached to an aromatic ring is 1. The number of hydrogen-bond donors (Lipinski definition) is 4. The van der Waals surface area contributed by atoms with Crippen LogP contribution >= 0.6 is 11.6 Å². The van der Waals surface area contributed by atoms with Gasteiger partial charge < -0.3 is 15.9 Å². The zero-order valence-corrected chi connectivity index (χ0v) is 8.28. The number of aromatic hydroxyl groups is 2. The number of anilines is 1. The van der Waals surface area contributed by atoms with E-state index in [0.29, 0.717) is 17.1 Å². The lowest BCUT2D eigenvalue weighted by molar-refractivity contribution is 0.405. The van der Waals surface area contributed by atoms with E-state index in [0.717, 1.165) is 0 Å². The van der Waals surface area contributed by atoms with Gasteiger partial charge in [-0.2, -0.15) is 5.10 Å². The number of nitrogens with two attached hydrogens (primary N) is 1. The molecule has 1 aromatic heterocycles. The van der Waals surface area contributed by atoms with Crippen LogP contribution in [0.2, 0.25) is 5.02 Å². The number of benzene rings is 1. The van der Waals surface area contributed by atoms with Gasteiger partial charge in [0.15, 0.2) is 11.5 Å². The average molecular weight is 226 g/mol. The molecule has 0 fully saturated rings. The fourth-order valence-electron chi connectivity index (χ4n) is 1.25. The van der Waals surface area contributed by atoms with Crippen LogP contribution in [0.5, 0.6) is 11.5 Å². The van der Waals surface area contributed by atoms with Crippen molar-refractivity contribution >= 4 is 17.4 Å². The molecule has 0 atom stereocenters. The third-order valence-corrected chi connectivity index (χ3v) is 2.29. The first kappa shape index (κ1) is 9.67. The first-order valence-corrected chi connectivity index (χ1v) is 4.49. The maximum absolute atomic E-state index is 9.62. The molecule has 0 spiro atoms. The van der Waals surface area contributed by atoms with Gasteiger partial charge in [0.1, 0.15) is 5.82 Å². The Kier molecular flexibility index (Phi) is 2.17. The van der Waals surface area contributed by atoms with Crippen LogP contribution in [0.15, 0.2) is 18.2 Å². The predicted molar refractivity (Wildman–Crippen MR) is 56.8 cm³/mol. The summed E-state index contributed by atoms with van der Waals surface area (Å²) in [6.45, 7) is 0. The van der Waals surface area contributed by atoms with Gasteiger partial charge in [-0.15, -0.1) is 0 Å². The maximum atomic E-state index is 9.62. The second-order valence-electron chi connectivity index (χ2n) is 3.00. The summed E-state index contributed by atoms with van der Waals surface area (Å²) < 4.78 is 0. The van der Waals surface area contributed by atoms with Crippen molar-refractivity contribution in [3.63, 3.8) is 0 Å². The number of nitrogens with zero attached hydrogens (tertiary/aromatic N) is 1. The van der Waals surface area contributed by atoms with E-state index in [9.17, 15) is 10.2 Å². The molecule has 0 unspecified atom stereocenters. The Hall–Kier alpha value is -1.88. The van der Waals surface area contributed by atoms with Crippen LogP contribution in [0.3, 0.4) is 0 Å². The molecule has 0 aliphatic heterocycles. The lowest BCUT2D eigenvalue weighted by Crippen LogP contribution is -1.81. The SMILES string of the molecule is Nc1cc(-c2ccc(Cl)c(O)c2O)[nH]n1. The first-order valence-electron chi connectivity index (χ1n) is 4.11. The molecule has 15 heavy (non-hydrogen) atoms. The molecule has 6 heteroatoms. The molecule has 0 aliphatic rings. The Balaban J connectivity index is 2.59. The summed E-state index contributed by atoms with van der Waals surface area (Å²) in [5.41, 5.74) is 6.32. The summed E-state index contributed by atoms with van der Waals surface area (Å²) in [6, 6.07) is 4.58. The zero-order chi connectivity index (χ0) is 11.0. The van der Waals surface area contributed by atoms with E-state index < -0.39 is 0 Å². The molecule has 2 rings (SSSR count). The fraction of sp³-hybridized carbons (Fsp3) is 0. The summed E-state index contributed by atoms with van der Waals surface area (Å²) in [4.78, 5) is 0. The van der Waals surface area contributed by atoms with Gasteiger partial charge in [0, 0.05) is 11.6 Å². The highest BCUT2D eigenvalue weighted by Crippen LogP contribution is 2.40. The number of phenolic OH excluding ortho intramolecular Hbond substituents is 2. The quantitative estimate of drug-likeness (QED) is 0.556. The molecule has 0 saturated carbocycles. The van der Waals surface area contributed by atoms with Crippen LogP contribution < -0.4 is 5.73 Å². The largest absolute Gasteiger partial charge is 0.504 e. The van der Waals surface area contributed by atoms with Crippen LogP contribution in [0.4, 0.5) is 5.82 Å². The summed E-state index contributed by atoms with van der Waals surface area (Å²) in [5, 5.41) is 25.4. The van der Waals surface area contributed by atoms with Gasteiger partial charge >= 0.3 is 0 Å². The lowest BCUT2D eigenvalue weighted by atomic mass is 10.1. The van der Waals surface area contributed by atoms with E-state index in [1.54, 1.807) is 12.1 Å². The molecular weight excluding hydrogens is 218 g/mol. The van der Waals surface area contributed by atoms with Crippen LogP contribution in [0.25, 0.3) is 11.3 Å². The molecule has 0 saturated heterocycles. The van der Waals surface area contributed by atoms with E-state index in [1.807, 2.05) is 0 Å². The maximum Gasteiger partial charge on any atom is 0.177 e. The van der Waals surface area contributed by atoms with Gasteiger partial charge in [-0.3, -0.25) is 5.10 Å². The van der Waals surface area contributed by atoms with Crippen molar-refractivity contribution in [3.8, 4) is 22.8 Å². The highest BCUT2D eigenvalue weighted by molar-refractivity contribution is 6.32. The third-order valence-electron chi connectivity index (χ3n) is 1.99. The fourth-order valence-corrected chi connectivity index (χ4v) is 1.40. The first-order chi connectivity index (χ1) is 7.09. The monoisotopic (exact) mass is 225 g/mol. The molecule has 0 amide bonds. The van der Waals surface area contributed by atoms with E-state index in [2.05, 4.69) is 10.2 Å². The van der Waals surface area contributed by atoms with Crippen molar-refractivity contribution in [1.29, 1.82) is 0 Å². The summed E-state index contributed by atoms with van der Waals surface area (Å²) in [6.07, 6.45) is 0. The summed E-state index contributed by atoms with van der Waals surface area (Å²) in [7, 11) is 0. The topological polar surface area (TPSA) is 95.2 Å². The minimum absolute atomic E-state index is 0.0868. The predicted octanol–water partition coefficient (Wildman–Crippen LogP) is 1.72. The summed E-state index contributed by atoms with van der Waals surface area (Å²) >= 11 is 5.62. The molecule has 0 bridgehead atoms. The molecule has 5 nitrogen and oxygen atoms in total. The number of hydrogen-bond acceptors (Lipinski definition) is 4. The third kappa shape index (κ3) is 1.57. The standard InChI is InChI=1S/C9H8ClN3O2/c10-5-2-1-4(8(14)9(5)15)6-3-7(11)13-12-6/h1-3,14-15H,(H3,11,12,13). The minimum Gasteiger partial charge on any atom is -0.504 e. The van der Waals surface area contributed by atoms with Crippen LogP contribution in [0.1, 0.15) is 0 Å². The number of aromatic nitrogens is 2. The lowest BCUT2D eigenvalue weighted by Gasteiger charge is -2.04. The second kappa shape index (κ2) is 3.36. The Morgan fingerprint density at radius 2 is 2.00 bits per heavy atom. The Labute approximate surface area is 90.1 Å². The number of phenols is 2. The van der Waals surface area contributed by atoms with E-state index >= 15 is 0 Å². The van der Waals surface area contributed by atoms with Gasteiger partial charge in [-0.05, 0) is 12.1 Å². The van der Waals surface area contributed by atoms with Gasteiger partial charge in [0.25, 0.3) is 0 Å². The van der Waals surface area contributed by atoms with E-state index in [-0.39, 0.29) is 16.5 Å². The molecule has 1 aromatic carbocycles. The minimum atomic E-state index is -0.359. The van der Waals surface area contributed by atoms with Crippen molar-refractivity contribution in [2.75, 3.05) is 5.73 Å². The molecular formula is C9H8ClN3O2. The average Bonchev–Trinajstić information content (AvgIpc) is 2.61. The van der Waals surface area contributed by atoms with Crippen LogP contribution in [0, 0.1) is 0 Å². The number of nitrogens with one attached hydrogen (secondary N) is 1. The van der Waals surface area contributed by atoms with Gasteiger partial charge in [-0.1, -0.05) is 11.6 Å². The molecule has 5 N–H and O–H groups in total. The van der Waals surface area contributed by atoms with E-state index in [4.69, 9.17) is 17.3 Å². The Morgan fingerprint density at radius 1 is 1.27 bits per heavy atom. The number of aromatic amines is 1. The van der Waals surface area contributed by atoms with Crippen molar-refractivity contribution in [1.82, 2.24) is 10.2 Å². The number of halogens is 1. The van der Waals surface area contributed by atoms with Gasteiger partial charge in [0.2, 0.25) is 0 Å². The zero-order valence-electron chi connectivity index (χ0n) is 7.53. The number of H-pyrrole nitrogens is 1.